The lowest BCUT2D eigenvalue weighted by Crippen LogP contribution is -2.41. The van der Waals surface area contributed by atoms with Gasteiger partial charge in [0.15, 0.2) is 5.76 Å². The van der Waals surface area contributed by atoms with E-state index in [1.807, 2.05) is 4.90 Å². The molecule has 0 radical (unpaired) electrons. The highest BCUT2D eigenvalue weighted by Gasteiger charge is 2.15. The van der Waals surface area contributed by atoms with Gasteiger partial charge in [0.2, 0.25) is 5.91 Å². The largest absolute Gasteiger partial charge is 0.459 e. The van der Waals surface area contributed by atoms with E-state index in [1.54, 1.807) is 6.07 Å². The third-order valence-corrected chi connectivity index (χ3v) is 2.61. The fourth-order valence-corrected chi connectivity index (χ4v) is 1.63. The first-order valence-corrected chi connectivity index (χ1v) is 6.38. The fourth-order valence-electron chi connectivity index (χ4n) is 1.63. The number of carbonyl (C=O) groups is 2. The number of hydrogen-bond donors (Lipinski definition) is 2. The van der Waals surface area contributed by atoms with Gasteiger partial charge in [0.1, 0.15) is 0 Å². The van der Waals surface area contributed by atoms with Crippen molar-refractivity contribution in [2.45, 2.75) is 19.8 Å². The molecule has 0 unspecified atom stereocenters. The van der Waals surface area contributed by atoms with Crippen molar-refractivity contribution < 1.29 is 19.1 Å². The smallest absolute Gasteiger partial charge is 0.293 e. The molecule has 2 amide bonds. The van der Waals surface area contributed by atoms with Gasteiger partial charge >= 0.3 is 0 Å². The Morgan fingerprint density at radius 3 is 2.79 bits per heavy atom. The molecule has 1 aromatic heterocycles. The number of furan rings is 1. The maximum Gasteiger partial charge on any atom is 0.293 e. The number of nitrogens with zero attached hydrogens (tertiary/aromatic N) is 1. The molecule has 0 aromatic carbocycles. The average molecular weight is 268 g/mol. The Bertz CT molecular complexity index is 389. The molecule has 0 aliphatic heterocycles. The van der Waals surface area contributed by atoms with Crippen molar-refractivity contribution in [1.82, 2.24) is 10.2 Å². The van der Waals surface area contributed by atoms with Crippen LogP contribution in [0.25, 0.3) is 0 Å². The summed E-state index contributed by atoms with van der Waals surface area (Å²) in [5.41, 5.74) is 0. The van der Waals surface area contributed by atoms with E-state index in [0.29, 0.717) is 6.54 Å². The quantitative estimate of drug-likeness (QED) is 0.722. The van der Waals surface area contributed by atoms with Gasteiger partial charge in [-0.3, -0.25) is 19.8 Å². The number of hydrogen-bond acceptors (Lipinski definition) is 5. The Labute approximate surface area is 112 Å². The van der Waals surface area contributed by atoms with Gasteiger partial charge in [-0.25, -0.2) is 0 Å². The van der Waals surface area contributed by atoms with Crippen LogP contribution >= 0.6 is 0 Å². The zero-order valence-electron chi connectivity index (χ0n) is 11.1. The molecule has 0 aliphatic carbocycles. The molecule has 0 saturated heterocycles. The minimum absolute atomic E-state index is 0.0108. The zero-order valence-corrected chi connectivity index (χ0v) is 11.1. The van der Waals surface area contributed by atoms with E-state index in [0.717, 1.165) is 19.4 Å². The van der Waals surface area contributed by atoms with Crippen molar-refractivity contribution in [3.63, 3.8) is 0 Å². The number of unbranched alkanes of at least 4 members (excludes halogenated alkanes) is 1. The molecule has 1 rings (SSSR count). The van der Waals surface area contributed by atoms with E-state index in [-0.39, 0.29) is 18.9 Å². The van der Waals surface area contributed by atoms with Crippen molar-refractivity contribution in [3.05, 3.63) is 24.2 Å². The summed E-state index contributed by atoms with van der Waals surface area (Å²) in [5.74, 6) is -0.837. The summed E-state index contributed by atoms with van der Waals surface area (Å²) in [4.78, 5) is 25.1. The van der Waals surface area contributed by atoms with E-state index in [9.17, 15) is 9.59 Å². The molecule has 0 spiro atoms. The highest BCUT2D eigenvalue weighted by Crippen LogP contribution is 1.99. The standard InChI is InChI=1S/C13H20N2O4/c1-2-3-6-15(7-8-16)10-12(17)14-13(18)11-5-4-9-19-11/h4-5,9,16H,2-3,6-8,10H2,1H3,(H,14,17,18). The molecule has 0 aliphatic rings. The molecule has 1 heterocycles. The predicted octanol–water partition coefficient (Wildman–Crippen LogP) is 0.630. The first kappa shape index (κ1) is 15.4. The van der Waals surface area contributed by atoms with Crippen molar-refractivity contribution >= 4 is 11.8 Å². The molecular weight excluding hydrogens is 248 g/mol. The molecule has 0 saturated carbocycles. The second-order valence-electron chi connectivity index (χ2n) is 4.21. The third kappa shape index (κ3) is 5.67. The SMILES string of the molecule is CCCCN(CCO)CC(=O)NC(=O)c1ccco1. The molecular formula is C13H20N2O4. The maximum atomic E-state index is 11.7. The van der Waals surface area contributed by atoms with Crippen LogP contribution in [0.2, 0.25) is 0 Å². The van der Waals surface area contributed by atoms with E-state index in [2.05, 4.69) is 12.2 Å². The van der Waals surface area contributed by atoms with Gasteiger partial charge in [-0.1, -0.05) is 13.3 Å². The maximum absolute atomic E-state index is 11.7. The molecule has 6 heteroatoms. The lowest BCUT2D eigenvalue weighted by Gasteiger charge is -2.19. The van der Waals surface area contributed by atoms with Crippen LogP contribution in [0, 0.1) is 0 Å². The number of aliphatic hydroxyl groups excluding tert-OH is 1. The highest BCUT2D eigenvalue weighted by molar-refractivity contribution is 6.03. The Kier molecular flexibility index (Phi) is 6.84. The number of imide groups is 1. The molecule has 2 N–H and O–H groups in total. The van der Waals surface area contributed by atoms with Gasteiger partial charge < -0.3 is 9.52 Å². The van der Waals surface area contributed by atoms with Crippen molar-refractivity contribution in [2.75, 3.05) is 26.2 Å². The summed E-state index contributed by atoms with van der Waals surface area (Å²) >= 11 is 0. The molecule has 19 heavy (non-hydrogen) atoms. The summed E-state index contributed by atoms with van der Waals surface area (Å²) < 4.78 is 4.90. The summed E-state index contributed by atoms with van der Waals surface area (Å²) in [5, 5.41) is 11.2. The van der Waals surface area contributed by atoms with Gasteiger partial charge in [0, 0.05) is 6.54 Å². The summed E-state index contributed by atoms with van der Waals surface area (Å²) in [6.45, 7) is 3.27. The summed E-state index contributed by atoms with van der Waals surface area (Å²) in [7, 11) is 0. The molecule has 0 bridgehead atoms. The Morgan fingerprint density at radius 2 is 2.21 bits per heavy atom. The van der Waals surface area contributed by atoms with Crippen LogP contribution in [0.4, 0.5) is 0 Å². The predicted molar refractivity (Wildman–Crippen MR) is 69.6 cm³/mol. The monoisotopic (exact) mass is 268 g/mol. The van der Waals surface area contributed by atoms with Crippen LogP contribution in [0.1, 0.15) is 30.3 Å². The van der Waals surface area contributed by atoms with Crippen LogP contribution < -0.4 is 5.32 Å². The first-order chi connectivity index (χ1) is 9.17. The van der Waals surface area contributed by atoms with Crippen molar-refractivity contribution in [3.8, 4) is 0 Å². The topological polar surface area (TPSA) is 82.8 Å². The van der Waals surface area contributed by atoms with E-state index in [1.165, 1.54) is 12.3 Å². The fraction of sp³-hybridized carbons (Fsp3) is 0.538. The van der Waals surface area contributed by atoms with Crippen LogP contribution in [-0.4, -0.2) is 48.1 Å². The molecule has 0 fully saturated rings. The lowest BCUT2D eigenvalue weighted by atomic mass is 10.3. The summed E-state index contributed by atoms with van der Waals surface area (Å²) in [6.07, 6.45) is 3.33. The number of carbonyl (C=O) groups excluding carboxylic acids is 2. The van der Waals surface area contributed by atoms with E-state index >= 15 is 0 Å². The minimum atomic E-state index is -0.547. The molecule has 1 aromatic rings. The second kappa shape index (κ2) is 8.44. The molecule has 0 atom stereocenters. The van der Waals surface area contributed by atoms with Crippen molar-refractivity contribution in [2.24, 2.45) is 0 Å². The Balaban J connectivity index is 2.41. The molecule has 6 nitrogen and oxygen atoms in total. The van der Waals surface area contributed by atoms with E-state index < -0.39 is 11.8 Å². The van der Waals surface area contributed by atoms with Crippen LogP contribution in [0.5, 0.6) is 0 Å². The number of rotatable bonds is 8. The Morgan fingerprint density at radius 1 is 1.42 bits per heavy atom. The second-order valence-corrected chi connectivity index (χ2v) is 4.21. The average Bonchev–Trinajstić information content (AvgIpc) is 2.90. The van der Waals surface area contributed by atoms with Crippen LogP contribution in [0.3, 0.4) is 0 Å². The van der Waals surface area contributed by atoms with Crippen molar-refractivity contribution in [1.29, 1.82) is 0 Å². The molecule has 106 valence electrons. The van der Waals surface area contributed by atoms with Gasteiger partial charge in [0.05, 0.1) is 19.4 Å². The van der Waals surface area contributed by atoms with Gasteiger partial charge in [-0.2, -0.15) is 0 Å². The third-order valence-electron chi connectivity index (χ3n) is 2.61. The highest BCUT2D eigenvalue weighted by atomic mass is 16.3. The number of nitrogens with one attached hydrogen (secondary N) is 1. The van der Waals surface area contributed by atoms with Gasteiger partial charge in [0.25, 0.3) is 5.91 Å². The van der Waals surface area contributed by atoms with E-state index in [4.69, 9.17) is 9.52 Å². The normalized spacial score (nSPS) is 10.7. The lowest BCUT2D eigenvalue weighted by molar-refractivity contribution is -0.121. The van der Waals surface area contributed by atoms with Gasteiger partial charge in [-0.05, 0) is 25.1 Å². The van der Waals surface area contributed by atoms with Crippen LogP contribution in [-0.2, 0) is 4.79 Å². The summed E-state index contributed by atoms with van der Waals surface area (Å²) in [6, 6.07) is 3.07. The van der Waals surface area contributed by atoms with Gasteiger partial charge in [-0.15, -0.1) is 0 Å². The number of aliphatic hydroxyl groups is 1. The number of amides is 2. The van der Waals surface area contributed by atoms with Crippen LogP contribution in [0.15, 0.2) is 22.8 Å². The Hall–Kier alpha value is -1.66. The minimum Gasteiger partial charge on any atom is -0.459 e. The first-order valence-electron chi connectivity index (χ1n) is 6.38. The zero-order chi connectivity index (χ0) is 14.1.